The Morgan fingerprint density at radius 2 is 2.29 bits per heavy atom. The summed E-state index contributed by atoms with van der Waals surface area (Å²) in [5.74, 6) is 0.700. The van der Waals surface area contributed by atoms with E-state index in [0.29, 0.717) is 5.75 Å². The zero-order chi connectivity index (χ0) is 11.9. The Balaban J connectivity index is 1.94. The van der Waals surface area contributed by atoms with Crippen molar-refractivity contribution in [2.75, 3.05) is 11.9 Å². The van der Waals surface area contributed by atoms with Gasteiger partial charge in [0.25, 0.3) is 0 Å². The number of hydrogen-bond acceptors (Lipinski definition) is 3. The highest BCUT2D eigenvalue weighted by Crippen LogP contribution is 2.17. The van der Waals surface area contributed by atoms with Gasteiger partial charge in [0, 0.05) is 30.7 Å². The van der Waals surface area contributed by atoms with Crippen LogP contribution in [0.5, 0.6) is 5.75 Å². The molecular formula is C13H13N3O. The largest absolute Gasteiger partial charge is 0.479 e. The molecule has 0 aliphatic carbocycles. The Hall–Kier alpha value is -2.41. The molecule has 4 nitrogen and oxygen atoms in total. The summed E-state index contributed by atoms with van der Waals surface area (Å²) in [6.07, 6.45) is 3.84. The molecule has 2 aromatic rings. The zero-order valence-electron chi connectivity index (χ0n) is 9.31. The van der Waals surface area contributed by atoms with Crippen molar-refractivity contribution in [3.63, 3.8) is 0 Å². The number of aromatic nitrogens is 1. The van der Waals surface area contributed by atoms with Crippen LogP contribution >= 0.6 is 0 Å². The predicted molar refractivity (Wildman–Crippen MR) is 65.7 cm³/mol. The fourth-order valence-corrected chi connectivity index (χ4v) is 1.48. The summed E-state index contributed by atoms with van der Waals surface area (Å²) >= 11 is 0. The van der Waals surface area contributed by atoms with Crippen molar-refractivity contribution in [1.82, 2.24) is 4.98 Å². The molecule has 0 atom stereocenters. The Labute approximate surface area is 99.8 Å². The first-order valence-corrected chi connectivity index (χ1v) is 5.34. The molecule has 0 amide bonds. The quantitative estimate of drug-likeness (QED) is 0.825. The third-order valence-corrected chi connectivity index (χ3v) is 2.30. The second-order valence-electron chi connectivity index (χ2n) is 3.55. The van der Waals surface area contributed by atoms with Gasteiger partial charge in [-0.2, -0.15) is 5.26 Å². The molecule has 0 spiro atoms. The number of H-pyrrole nitrogens is 1. The van der Waals surface area contributed by atoms with E-state index in [1.165, 1.54) is 5.56 Å². The molecule has 0 bridgehead atoms. The van der Waals surface area contributed by atoms with Gasteiger partial charge in [-0.1, -0.05) is 6.07 Å². The summed E-state index contributed by atoms with van der Waals surface area (Å²) in [4.78, 5) is 3.00. The van der Waals surface area contributed by atoms with Crippen molar-refractivity contribution in [2.45, 2.75) is 6.54 Å². The summed E-state index contributed by atoms with van der Waals surface area (Å²) in [6, 6.07) is 11.5. The van der Waals surface area contributed by atoms with E-state index < -0.39 is 0 Å². The number of nitrogens with zero attached hydrogens (tertiary/aromatic N) is 1. The fourth-order valence-electron chi connectivity index (χ4n) is 1.48. The molecule has 0 aliphatic rings. The highest BCUT2D eigenvalue weighted by molar-refractivity contribution is 5.48. The molecule has 0 fully saturated rings. The lowest BCUT2D eigenvalue weighted by atomic mass is 10.2. The average Bonchev–Trinajstić information content (AvgIpc) is 2.87. The molecular weight excluding hydrogens is 214 g/mol. The molecule has 2 rings (SSSR count). The Morgan fingerprint density at radius 3 is 3.06 bits per heavy atom. The predicted octanol–water partition coefficient (Wildman–Crippen LogP) is 2.53. The summed E-state index contributed by atoms with van der Waals surface area (Å²) in [7, 11) is 0. The normalized spacial score (nSPS) is 9.59. The van der Waals surface area contributed by atoms with Crippen LogP contribution in [0, 0.1) is 11.3 Å². The van der Waals surface area contributed by atoms with Crippen molar-refractivity contribution in [3.8, 4) is 11.8 Å². The van der Waals surface area contributed by atoms with Gasteiger partial charge in [-0.15, -0.1) is 0 Å². The molecule has 86 valence electrons. The van der Waals surface area contributed by atoms with Crippen molar-refractivity contribution in [2.24, 2.45) is 0 Å². The Kier molecular flexibility index (Phi) is 3.66. The van der Waals surface area contributed by atoms with Crippen LogP contribution in [0.3, 0.4) is 0 Å². The molecule has 0 saturated carbocycles. The molecule has 17 heavy (non-hydrogen) atoms. The molecule has 1 aromatic heterocycles. The van der Waals surface area contributed by atoms with E-state index >= 15 is 0 Å². The second kappa shape index (κ2) is 5.61. The summed E-state index contributed by atoms with van der Waals surface area (Å²) < 4.78 is 5.23. The lowest BCUT2D eigenvalue weighted by molar-refractivity contribution is 0.368. The summed E-state index contributed by atoms with van der Waals surface area (Å²) in [5.41, 5.74) is 2.16. The van der Waals surface area contributed by atoms with Gasteiger partial charge in [-0.25, -0.2) is 0 Å². The number of rotatable bonds is 5. The van der Waals surface area contributed by atoms with Crippen LogP contribution < -0.4 is 10.1 Å². The van der Waals surface area contributed by atoms with E-state index in [2.05, 4.69) is 10.3 Å². The first-order chi connectivity index (χ1) is 8.38. The van der Waals surface area contributed by atoms with Crippen LogP contribution in [0.15, 0.2) is 42.7 Å². The summed E-state index contributed by atoms with van der Waals surface area (Å²) in [5, 5.41) is 11.7. The van der Waals surface area contributed by atoms with Crippen LogP contribution in [0.1, 0.15) is 5.56 Å². The molecule has 0 aliphatic heterocycles. The number of ether oxygens (including phenoxy) is 1. The Bertz CT molecular complexity index is 500. The maximum absolute atomic E-state index is 8.43. The van der Waals surface area contributed by atoms with Gasteiger partial charge in [0.05, 0.1) is 0 Å². The maximum Gasteiger partial charge on any atom is 0.174 e. The molecule has 1 aromatic carbocycles. The van der Waals surface area contributed by atoms with Gasteiger partial charge in [0.15, 0.2) is 6.61 Å². The number of anilines is 1. The van der Waals surface area contributed by atoms with Gasteiger partial charge in [-0.3, -0.25) is 0 Å². The summed E-state index contributed by atoms with van der Waals surface area (Å²) in [6.45, 7) is 0.826. The standard InChI is InChI=1S/C13H13N3O/c14-5-7-17-13-3-1-2-12(8-13)16-10-11-4-6-15-9-11/h1-4,6,8-9,15-16H,7,10H2. The Morgan fingerprint density at radius 1 is 1.35 bits per heavy atom. The minimum Gasteiger partial charge on any atom is -0.479 e. The lowest BCUT2D eigenvalue weighted by Crippen LogP contribution is -1.99. The van der Waals surface area contributed by atoms with Crippen LogP contribution in [-0.4, -0.2) is 11.6 Å². The number of nitrogens with one attached hydrogen (secondary N) is 2. The lowest BCUT2D eigenvalue weighted by Gasteiger charge is -2.07. The van der Waals surface area contributed by atoms with Gasteiger partial charge in [0.1, 0.15) is 11.8 Å². The van der Waals surface area contributed by atoms with E-state index in [4.69, 9.17) is 10.00 Å². The van der Waals surface area contributed by atoms with Crippen LogP contribution in [0.4, 0.5) is 5.69 Å². The number of hydrogen-bond donors (Lipinski definition) is 2. The molecule has 4 heteroatoms. The topological polar surface area (TPSA) is 60.8 Å². The van der Waals surface area contributed by atoms with E-state index in [1.807, 2.05) is 48.8 Å². The zero-order valence-corrected chi connectivity index (χ0v) is 9.31. The average molecular weight is 227 g/mol. The minimum absolute atomic E-state index is 0.0707. The van der Waals surface area contributed by atoms with Gasteiger partial charge < -0.3 is 15.0 Å². The van der Waals surface area contributed by atoms with Crippen LogP contribution in [0.2, 0.25) is 0 Å². The van der Waals surface area contributed by atoms with Crippen LogP contribution in [0.25, 0.3) is 0 Å². The minimum atomic E-state index is 0.0707. The third-order valence-electron chi connectivity index (χ3n) is 2.30. The first kappa shape index (κ1) is 11.1. The SMILES string of the molecule is N#CCOc1cccc(NCc2cc[nH]c2)c1. The monoisotopic (exact) mass is 227 g/mol. The smallest absolute Gasteiger partial charge is 0.174 e. The van der Waals surface area contributed by atoms with Crippen LogP contribution in [-0.2, 0) is 6.54 Å². The number of benzene rings is 1. The highest BCUT2D eigenvalue weighted by Gasteiger charge is 1.97. The molecule has 2 N–H and O–H groups in total. The van der Waals surface area contributed by atoms with E-state index in [-0.39, 0.29) is 6.61 Å². The van der Waals surface area contributed by atoms with Crippen molar-refractivity contribution < 1.29 is 4.74 Å². The second-order valence-corrected chi connectivity index (χ2v) is 3.55. The van der Waals surface area contributed by atoms with Crippen molar-refractivity contribution in [3.05, 3.63) is 48.3 Å². The number of aromatic amines is 1. The van der Waals surface area contributed by atoms with Gasteiger partial charge in [-0.05, 0) is 23.8 Å². The maximum atomic E-state index is 8.43. The highest BCUT2D eigenvalue weighted by atomic mass is 16.5. The molecule has 0 unspecified atom stereocenters. The van der Waals surface area contributed by atoms with E-state index in [0.717, 1.165) is 12.2 Å². The van der Waals surface area contributed by atoms with Gasteiger partial charge in [0.2, 0.25) is 0 Å². The number of nitriles is 1. The molecule has 0 radical (unpaired) electrons. The fraction of sp³-hybridized carbons (Fsp3) is 0.154. The first-order valence-electron chi connectivity index (χ1n) is 5.34. The molecule has 1 heterocycles. The van der Waals surface area contributed by atoms with Gasteiger partial charge >= 0.3 is 0 Å². The van der Waals surface area contributed by atoms with Crippen molar-refractivity contribution >= 4 is 5.69 Å². The van der Waals surface area contributed by atoms with E-state index in [1.54, 1.807) is 0 Å². The van der Waals surface area contributed by atoms with Crippen molar-refractivity contribution in [1.29, 1.82) is 5.26 Å². The molecule has 0 saturated heterocycles. The van der Waals surface area contributed by atoms with E-state index in [9.17, 15) is 0 Å². The third kappa shape index (κ3) is 3.28.